The van der Waals surface area contributed by atoms with E-state index in [1.807, 2.05) is 0 Å². The number of carbonyl (C=O) groups excluding carboxylic acids is 1. The second-order valence-corrected chi connectivity index (χ2v) is 3.82. The Bertz CT molecular complexity index is 407. The van der Waals surface area contributed by atoms with Gasteiger partial charge in [-0.25, -0.2) is 0 Å². The molecule has 0 fully saturated rings. The summed E-state index contributed by atoms with van der Waals surface area (Å²) >= 11 is 0. The van der Waals surface area contributed by atoms with Gasteiger partial charge in [0.05, 0.1) is 11.0 Å². The molecule has 1 aromatic carbocycles. The van der Waals surface area contributed by atoms with E-state index in [-0.39, 0.29) is 11.3 Å². The van der Waals surface area contributed by atoms with Crippen LogP contribution in [0.4, 0.5) is 0 Å². The highest BCUT2D eigenvalue weighted by molar-refractivity contribution is 5.83. The highest BCUT2D eigenvalue weighted by Crippen LogP contribution is 2.27. The van der Waals surface area contributed by atoms with Crippen LogP contribution in [0.3, 0.4) is 0 Å². The number of hydrogen-bond acceptors (Lipinski definition) is 3. The molecule has 2 N–H and O–H groups in total. The van der Waals surface area contributed by atoms with Gasteiger partial charge in [0, 0.05) is 0 Å². The Morgan fingerprint density at radius 2 is 2.00 bits per heavy atom. The van der Waals surface area contributed by atoms with Crippen LogP contribution in [-0.4, -0.2) is 22.5 Å². The van der Waals surface area contributed by atoms with Crippen molar-refractivity contribution >= 4 is 12.3 Å². The van der Waals surface area contributed by atoms with E-state index in [1.165, 1.54) is 32.0 Å². The van der Waals surface area contributed by atoms with Gasteiger partial charge in [0.1, 0.15) is 5.75 Å². The first-order chi connectivity index (χ1) is 6.89. The number of phenols is 1. The fraction of sp³-hybridized carbons (Fsp3) is 0.273. The number of rotatable bonds is 3. The first kappa shape index (κ1) is 11.2. The van der Waals surface area contributed by atoms with E-state index >= 15 is 0 Å². The topological polar surface area (TPSA) is 74.6 Å². The average Bonchev–Trinajstić information content (AvgIpc) is 2.18. The second-order valence-electron chi connectivity index (χ2n) is 3.82. The van der Waals surface area contributed by atoms with Gasteiger partial charge in [-0.3, -0.25) is 9.59 Å². The van der Waals surface area contributed by atoms with Crippen LogP contribution >= 0.6 is 0 Å². The second kappa shape index (κ2) is 3.73. The van der Waals surface area contributed by atoms with E-state index < -0.39 is 11.4 Å². The maximum Gasteiger partial charge on any atom is 0.313 e. The standard InChI is InChI=1S/C11H12O4/c1-11(2,10(14)15)8-3-4-9(13)7(5-8)6-12/h3-6,13H,1-2H3,(H,14,15). The minimum absolute atomic E-state index is 0.0989. The lowest BCUT2D eigenvalue weighted by Crippen LogP contribution is -2.28. The molecular weight excluding hydrogens is 196 g/mol. The minimum atomic E-state index is -1.08. The van der Waals surface area contributed by atoms with E-state index in [2.05, 4.69) is 0 Å². The van der Waals surface area contributed by atoms with Crippen molar-refractivity contribution in [2.24, 2.45) is 0 Å². The van der Waals surface area contributed by atoms with E-state index in [1.54, 1.807) is 0 Å². The lowest BCUT2D eigenvalue weighted by atomic mass is 9.84. The molecule has 0 unspecified atom stereocenters. The Hall–Kier alpha value is -1.84. The van der Waals surface area contributed by atoms with Crippen LogP contribution in [-0.2, 0) is 10.2 Å². The Balaban J connectivity index is 3.28. The van der Waals surface area contributed by atoms with Crippen molar-refractivity contribution in [1.82, 2.24) is 0 Å². The van der Waals surface area contributed by atoms with Crippen LogP contribution in [0.5, 0.6) is 5.75 Å². The summed E-state index contributed by atoms with van der Waals surface area (Å²) in [5.74, 6) is -1.13. The summed E-state index contributed by atoms with van der Waals surface area (Å²) in [5.41, 5.74) is -0.498. The Labute approximate surface area is 87.2 Å². The van der Waals surface area contributed by atoms with Crippen LogP contribution in [0.25, 0.3) is 0 Å². The fourth-order valence-corrected chi connectivity index (χ4v) is 1.16. The maximum absolute atomic E-state index is 11.0. The number of aromatic hydroxyl groups is 1. The van der Waals surface area contributed by atoms with Crippen molar-refractivity contribution in [2.75, 3.05) is 0 Å². The molecule has 0 saturated heterocycles. The zero-order chi connectivity index (χ0) is 11.6. The van der Waals surface area contributed by atoms with Gasteiger partial charge >= 0.3 is 5.97 Å². The molecule has 0 aliphatic heterocycles. The number of carboxylic acid groups (broad SMARTS) is 1. The summed E-state index contributed by atoms with van der Waals surface area (Å²) in [4.78, 5) is 21.5. The number of aldehydes is 1. The van der Waals surface area contributed by atoms with Crippen LogP contribution in [0.15, 0.2) is 18.2 Å². The molecule has 4 heteroatoms. The molecule has 0 bridgehead atoms. The molecular formula is C11H12O4. The molecule has 0 aliphatic carbocycles. The van der Waals surface area contributed by atoms with Gasteiger partial charge in [-0.05, 0) is 31.5 Å². The minimum Gasteiger partial charge on any atom is -0.507 e. The first-order valence-corrected chi connectivity index (χ1v) is 4.41. The van der Waals surface area contributed by atoms with Crippen LogP contribution in [0.2, 0.25) is 0 Å². The fourth-order valence-electron chi connectivity index (χ4n) is 1.16. The number of aliphatic carboxylic acids is 1. The van der Waals surface area contributed by atoms with Gasteiger partial charge in [0.2, 0.25) is 0 Å². The maximum atomic E-state index is 11.0. The molecule has 80 valence electrons. The van der Waals surface area contributed by atoms with Crippen LogP contribution < -0.4 is 0 Å². The SMILES string of the molecule is CC(C)(C(=O)O)c1ccc(O)c(C=O)c1. The van der Waals surface area contributed by atoms with E-state index in [9.17, 15) is 14.7 Å². The Morgan fingerprint density at radius 3 is 2.47 bits per heavy atom. The summed E-state index contributed by atoms with van der Waals surface area (Å²) in [6.45, 7) is 3.08. The molecule has 0 aromatic heterocycles. The van der Waals surface area contributed by atoms with Gasteiger partial charge < -0.3 is 10.2 Å². The molecule has 0 aliphatic rings. The van der Waals surface area contributed by atoms with Crippen LogP contribution in [0.1, 0.15) is 29.8 Å². The zero-order valence-corrected chi connectivity index (χ0v) is 8.52. The van der Waals surface area contributed by atoms with Crippen molar-refractivity contribution in [2.45, 2.75) is 19.3 Å². The highest BCUT2D eigenvalue weighted by atomic mass is 16.4. The number of carbonyl (C=O) groups is 2. The molecule has 0 amide bonds. The largest absolute Gasteiger partial charge is 0.507 e. The van der Waals surface area contributed by atoms with Crippen LogP contribution in [0, 0.1) is 0 Å². The molecule has 0 saturated carbocycles. The van der Waals surface area contributed by atoms with Gasteiger partial charge in [-0.2, -0.15) is 0 Å². The third-order valence-corrected chi connectivity index (χ3v) is 2.41. The van der Waals surface area contributed by atoms with Gasteiger partial charge in [-0.1, -0.05) is 6.07 Å². The predicted octanol–water partition coefficient (Wildman–Crippen LogP) is 1.57. The van der Waals surface area contributed by atoms with Crippen molar-refractivity contribution in [3.63, 3.8) is 0 Å². The molecule has 1 aromatic rings. The zero-order valence-electron chi connectivity index (χ0n) is 8.52. The normalized spacial score (nSPS) is 11.1. The number of benzene rings is 1. The Kier molecular flexibility index (Phi) is 2.79. The molecule has 15 heavy (non-hydrogen) atoms. The van der Waals surface area contributed by atoms with Crippen molar-refractivity contribution in [3.05, 3.63) is 29.3 Å². The highest BCUT2D eigenvalue weighted by Gasteiger charge is 2.29. The van der Waals surface area contributed by atoms with Gasteiger partial charge in [0.15, 0.2) is 6.29 Å². The van der Waals surface area contributed by atoms with E-state index in [0.717, 1.165) is 0 Å². The quantitative estimate of drug-likeness (QED) is 0.739. The lowest BCUT2D eigenvalue weighted by Gasteiger charge is -2.20. The third-order valence-electron chi connectivity index (χ3n) is 2.41. The summed E-state index contributed by atoms with van der Waals surface area (Å²) < 4.78 is 0. The number of hydrogen-bond donors (Lipinski definition) is 2. The smallest absolute Gasteiger partial charge is 0.313 e. The van der Waals surface area contributed by atoms with E-state index in [4.69, 9.17) is 5.11 Å². The van der Waals surface area contributed by atoms with E-state index in [0.29, 0.717) is 11.8 Å². The predicted molar refractivity (Wildman–Crippen MR) is 54.2 cm³/mol. The van der Waals surface area contributed by atoms with Gasteiger partial charge in [-0.15, -0.1) is 0 Å². The Morgan fingerprint density at radius 1 is 1.40 bits per heavy atom. The lowest BCUT2D eigenvalue weighted by molar-refractivity contribution is -0.142. The number of carboxylic acids is 1. The molecule has 0 atom stereocenters. The van der Waals surface area contributed by atoms with Gasteiger partial charge in [0.25, 0.3) is 0 Å². The van der Waals surface area contributed by atoms with Crippen molar-refractivity contribution in [1.29, 1.82) is 0 Å². The third kappa shape index (κ3) is 1.98. The summed E-state index contributed by atoms with van der Waals surface area (Å²) in [6.07, 6.45) is 0.497. The first-order valence-electron chi connectivity index (χ1n) is 4.41. The van der Waals surface area contributed by atoms with Crippen molar-refractivity contribution in [3.8, 4) is 5.75 Å². The monoisotopic (exact) mass is 208 g/mol. The molecule has 4 nitrogen and oxygen atoms in total. The molecule has 0 heterocycles. The summed E-state index contributed by atoms with van der Waals surface area (Å²) in [7, 11) is 0. The summed E-state index contributed by atoms with van der Waals surface area (Å²) in [5, 5.41) is 18.2. The number of phenolic OH excluding ortho intramolecular Hbond substituents is 1. The average molecular weight is 208 g/mol. The van der Waals surface area contributed by atoms with Crippen molar-refractivity contribution < 1.29 is 19.8 Å². The summed E-state index contributed by atoms with van der Waals surface area (Å²) in [6, 6.07) is 4.21. The molecule has 1 rings (SSSR count). The molecule has 0 radical (unpaired) electrons. The molecule has 0 spiro atoms.